The minimum atomic E-state index is 0.100. The smallest absolute Gasteiger partial charge is 0.141 e. The molecule has 0 bridgehead atoms. The summed E-state index contributed by atoms with van der Waals surface area (Å²) in [7, 11) is 0. The molecule has 1 atom stereocenters. The Morgan fingerprint density at radius 1 is 1.56 bits per heavy atom. The maximum Gasteiger partial charge on any atom is 0.141 e. The van der Waals surface area contributed by atoms with E-state index in [0.29, 0.717) is 6.04 Å². The van der Waals surface area contributed by atoms with Gasteiger partial charge in [0.1, 0.15) is 12.2 Å². The first-order valence-corrected chi connectivity index (χ1v) is 5.77. The third-order valence-corrected chi connectivity index (χ3v) is 2.68. The first kappa shape index (κ1) is 11.5. The molecule has 1 unspecified atom stereocenters. The second kappa shape index (κ2) is 4.51. The lowest BCUT2D eigenvalue weighted by atomic mass is 10.1. The molecule has 2 rings (SSSR count). The topological polar surface area (TPSA) is 52.0 Å². The van der Waals surface area contributed by atoms with Crippen LogP contribution in [0.5, 0.6) is 0 Å². The highest BCUT2D eigenvalue weighted by Gasteiger charge is 2.21. The zero-order valence-electron chi connectivity index (χ0n) is 10.2. The number of aromatic nitrogens is 3. The van der Waals surface area contributed by atoms with Crippen molar-refractivity contribution in [2.75, 3.05) is 13.2 Å². The zero-order valence-corrected chi connectivity index (χ0v) is 10.2. The number of nitrogens with zero attached hydrogens (tertiary/aromatic N) is 3. The zero-order chi connectivity index (χ0) is 11.6. The Labute approximate surface area is 96.2 Å². The van der Waals surface area contributed by atoms with Crippen LogP contribution in [0.4, 0.5) is 0 Å². The molecular formula is C11H20N4O. The molecule has 1 aromatic rings. The number of nitrogens with one attached hydrogen (secondary N) is 1. The van der Waals surface area contributed by atoms with Crippen LogP contribution in [0, 0.1) is 0 Å². The SMILES string of the molecule is CC(C)(C)NCc1ncnn1C1CCOC1. The quantitative estimate of drug-likeness (QED) is 0.836. The van der Waals surface area contributed by atoms with Crippen molar-refractivity contribution in [3.8, 4) is 0 Å². The van der Waals surface area contributed by atoms with Gasteiger partial charge in [-0.2, -0.15) is 5.10 Å². The third-order valence-electron chi connectivity index (χ3n) is 2.68. The van der Waals surface area contributed by atoms with Gasteiger partial charge in [-0.05, 0) is 27.2 Å². The van der Waals surface area contributed by atoms with Gasteiger partial charge in [0.05, 0.1) is 19.2 Å². The molecule has 1 fully saturated rings. The van der Waals surface area contributed by atoms with E-state index >= 15 is 0 Å². The predicted molar refractivity (Wildman–Crippen MR) is 61.1 cm³/mol. The second-order valence-electron chi connectivity index (χ2n) is 5.24. The van der Waals surface area contributed by atoms with Crippen molar-refractivity contribution in [1.82, 2.24) is 20.1 Å². The molecule has 16 heavy (non-hydrogen) atoms. The van der Waals surface area contributed by atoms with Crippen molar-refractivity contribution >= 4 is 0 Å². The van der Waals surface area contributed by atoms with Crippen molar-refractivity contribution in [2.45, 2.75) is 45.3 Å². The summed E-state index contributed by atoms with van der Waals surface area (Å²) in [6, 6.07) is 0.360. The van der Waals surface area contributed by atoms with E-state index in [1.165, 1.54) is 0 Å². The van der Waals surface area contributed by atoms with Gasteiger partial charge in [-0.15, -0.1) is 0 Å². The number of hydrogen-bond donors (Lipinski definition) is 1. The molecule has 1 N–H and O–H groups in total. The summed E-state index contributed by atoms with van der Waals surface area (Å²) in [5, 5.41) is 7.71. The van der Waals surface area contributed by atoms with Gasteiger partial charge in [-0.3, -0.25) is 0 Å². The number of ether oxygens (including phenoxy) is 1. The van der Waals surface area contributed by atoms with E-state index in [4.69, 9.17) is 4.74 Å². The molecule has 0 saturated carbocycles. The Kier molecular flexibility index (Phi) is 3.25. The molecule has 1 saturated heterocycles. The van der Waals surface area contributed by atoms with Gasteiger partial charge >= 0.3 is 0 Å². The van der Waals surface area contributed by atoms with Gasteiger partial charge in [-0.1, -0.05) is 0 Å². The summed E-state index contributed by atoms with van der Waals surface area (Å²) < 4.78 is 7.36. The third kappa shape index (κ3) is 2.80. The average molecular weight is 224 g/mol. The minimum Gasteiger partial charge on any atom is -0.379 e. The fraction of sp³-hybridized carbons (Fsp3) is 0.818. The minimum absolute atomic E-state index is 0.100. The van der Waals surface area contributed by atoms with E-state index in [2.05, 4.69) is 36.2 Å². The molecule has 0 amide bonds. The monoisotopic (exact) mass is 224 g/mol. The Hall–Kier alpha value is -0.940. The van der Waals surface area contributed by atoms with E-state index < -0.39 is 0 Å². The fourth-order valence-electron chi connectivity index (χ4n) is 1.76. The van der Waals surface area contributed by atoms with Gasteiger partial charge in [0.15, 0.2) is 0 Å². The molecule has 2 heterocycles. The standard InChI is InChI=1S/C11H20N4O/c1-11(2,3)13-6-10-12-8-14-15(10)9-4-5-16-7-9/h8-9,13H,4-7H2,1-3H3. The molecule has 0 radical (unpaired) electrons. The van der Waals surface area contributed by atoms with E-state index in [1.807, 2.05) is 4.68 Å². The normalized spacial score (nSPS) is 21.6. The van der Waals surface area contributed by atoms with Crippen molar-refractivity contribution in [3.63, 3.8) is 0 Å². The van der Waals surface area contributed by atoms with Crippen molar-refractivity contribution in [2.24, 2.45) is 0 Å². The summed E-state index contributed by atoms with van der Waals surface area (Å²) in [5.41, 5.74) is 0.100. The Balaban J connectivity index is 2.01. The molecule has 1 aromatic heterocycles. The maximum absolute atomic E-state index is 5.37. The van der Waals surface area contributed by atoms with E-state index in [9.17, 15) is 0 Å². The van der Waals surface area contributed by atoms with Crippen LogP contribution < -0.4 is 5.32 Å². The Morgan fingerprint density at radius 2 is 2.38 bits per heavy atom. The fourth-order valence-corrected chi connectivity index (χ4v) is 1.76. The maximum atomic E-state index is 5.37. The molecule has 5 heteroatoms. The first-order chi connectivity index (χ1) is 7.56. The van der Waals surface area contributed by atoms with Crippen molar-refractivity contribution in [3.05, 3.63) is 12.2 Å². The molecule has 1 aliphatic heterocycles. The van der Waals surface area contributed by atoms with Crippen LogP contribution in [-0.4, -0.2) is 33.5 Å². The van der Waals surface area contributed by atoms with Crippen LogP contribution >= 0.6 is 0 Å². The number of rotatable bonds is 3. The van der Waals surface area contributed by atoms with Crippen LogP contribution in [0.2, 0.25) is 0 Å². The van der Waals surface area contributed by atoms with Gasteiger partial charge in [-0.25, -0.2) is 9.67 Å². The molecule has 5 nitrogen and oxygen atoms in total. The summed E-state index contributed by atoms with van der Waals surface area (Å²) in [4.78, 5) is 4.30. The average Bonchev–Trinajstić information content (AvgIpc) is 2.84. The second-order valence-corrected chi connectivity index (χ2v) is 5.24. The van der Waals surface area contributed by atoms with E-state index in [-0.39, 0.29) is 5.54 Å². The predicted octanol–water partition coefficient (Wildman–Crippen LogP) is 1.13. The Morgan fingerprint density at radius 3 is 3.00 bits per heavy atom. The van der Waals surface area contributed by atoms with Crippen LogP contribution in [-0.2, 0) is 11.3 Å². The van der Waals surface area contributed by atoms with E-state index in [1.54, 1.807) is 6.33 Å². The lowest BCUT2D eigenvalue weighted by molar-refractivity contribution is 0.183. The number of hydrogen-bond acceptors (Lipinski definition) is 4. The van der Waals surface area contributed by atoms with Crippen LogP contribution in [0.3, 0.4) is 0 Å². The lowest BCUT2D eigenvalue weighted by Crippen LogP contribution is -2.36. The van der Waals surface area contributed by atoms with Gasteiger partial charge in [0, 0.05) is 12.1 Å². The van der Waals surface area contributed by atoms with Crippen LogP contribution in [0.1, 0.15) is 39.1 Å². The molecular weight excluding hydrogens is 204 g/mol. The van der Waals surface area contributed by atoms with Gasteiger partial charge < -0.3 is 10.1 Å². The molecule has 90 valence electrons. The van der Waals surface area contributed by atoms with Crippen LogP contribution in [0.25, 0.3) is 0 Å². The molecule has 0 aliphatic carbocycles. The molecule has 0 spiro atoms. The first-order valence-electron chi connectivity index (χ1n) is 5.77. The van der Waals surface area contributed by atoms with Crippen molar-refractivity contribution < 1.29 is 4.74 Å². The van der Waals surface area contributed by atoms with E-state index in [0.717, 1.165) is 32.0 Å². The Bertz CT molecular complexity index is 336. The lowest BCUT2D eigenvalue weighted by Gasteiger charge is -2.21. The highest BCUT2D eigenvalue weighted by atomic mass is 16.5. The summed E-state index contributed by atoms with van der Waals surface area (Å²) >= 11 is 0. The highest BCUT2D eigenvalue weighted by molar-refractivity contribution is 4.90. The van der Waals surface area contributed by atoms with Crippen LogP contribution in [0.15, 0.2) is 6.33 Å². The summed E-state index contributed by atoms with van der Waals surface area (Å²) in [6.45, 7) is 8.77. The van der Waals surface area contributed by atoms with Gasteiger partial charge in [0.25, 0.3) is 0 Å². The summed E-state index contributed by atoms with van der Waals surface area (Å²) in [5.74, 6) is 0.991. The largest absolute Gasteiger partial charge is 0.379 e. The van der Waals surface area contributed by atoms with Gasteiger partial charge in [0.2, 0.25) is 0 Å². The summed E-state index contributed by atoms with van der Waals surface area (Å²) in [6.07, 6.45) is 2.66. The molecule has 0 aromatic carbocycles. The molecule has 1 aliphatic rings. The van der Waals surface area contributed by atoms with Crippen molar-refractivity contribution in [1.29, 1.82) is 0 Å². The highest BCUT2D eigenvalue weighted by Crippen LogP contribution is 2.18.